The zero-order valence-electron chi connectivity index (χ0n) is 12.0. The molecule has 3 aromatic carbocycles. The van der Waals surface area contributed by atoms with Gasteiger partial charge in [-0.05, 0) is 16.7 Å². The average molecular weight is 289 g/mol. The van der Waals surface area contributed by atoms with Gasteiger partial charge in [0.05, 0.1) is 0 Å². The molecule has 0 spiro atoms. The molecule has 0 aromatic heterocycles. The van der Waals surface area contributed by atoms with Crippen LogP contribution < -0.4 is 11.2 Å². The first-order valence-electron chi connectivity index (χ1n) is 7.07. The van der Waals surface area contributed by atoms with Crippen LogP contribution in [0, 0.1) is 0 Å². The van der Waals surface area contributed by atoms with E-state index in [9.17, 15) is 10.0 Å². The van der Waals surface area contributed by atoms with E-state index in [0.717, 1.165) is 22.3 Å². The first-order chi connectivity index (χ1) is 10.7. The first kappa shape index (κ1) is 14.4. The van der Waals surface area contributed by atoms with Crippen molar-refractivity contribution >= 4 is 18.3 Å². The molecule has 0 unspecified atom stereocenters. The van der Waals surface area contributed by atoms with E-state index >= 15 is 0 Å². The summed E-state index contributed by atoms with van der Waals surface area (Å²) in [5.74, 6) is 0. The first-order valence-corrected chi connectivity index (χ1v) is 7.07. The minimum atomic E-state index is -1.57. The normalized spacial score (nSPS) is 10.5. The van der Waals surface area contributed by atoms with E-state index in [0.29, 0.717) is 11.2 Å². The van der Waals surface area contributed by atoms with Gasteiger partial charge in [0.2, 0.25) is 0 Å². The fourth-order valence-corrected chi connectivity index (χ4v) is 2.53. The van der Waals surface area contributed by atoms with E-state index in [-0.39, 0.29) is 0 Å². The number of rotatable bonds is 3. The second kappa shape index (κ2) is 6.06. The maximum Gasteiger partial charge on any atom is 0.490 e. The van der Waals surface area contributed by atoms with Crippen LogP contribution in [0.25, 0.3) is 22.3 Å². The van der Waals surface area contributed by atoms with Crippen molar-refractivity contribution in [2.45, 2.75) is 0 Å². The van der Waals surface area contributed by atoms with Gasteiger partial charge < -0.3 is 15.8 Å². The van der Waals surface area contributed by atoms with Crippen molar-refractivity contribution in [2.24, 2.45) is 0 Å². The molecule has 0 aliphatic carbocycles. The van der Waals surface area contributed by atoms with E-state index in [2.05, 4.69) is 12.1 Å². The van der Waals surface area contributed by atoms with E-state index in [1.165, 1.54) is 0 Å². The van der Waals surface area contributed by atoms with Crippen molar-refractivity contribution in [1.82, 2.24) is 0 Å². The highest BCUT2D eigenvalue weighted by Gasteiger charge is 2.17. The molecule has 4 N–H and O–H groups in total. The number of benzene rings is 3. The molecule has 22 heavy (non-hydrogen) atoms. The van der Waals surface area contributed by atoms with Gasteiger partial charge in [-0.3, -0.25) is 0 Å². The van der Waals surface area contributed by atoms with Crippen LogP contribution in [0.4, 0.5) is 5.69 Å². The van der Waals surface area contributed by atoms with Crippen LogP contribution >= 0.6 is 0 Å². The Morgan fingerprint density at radius 2 is 1.23 bits per heavy atom. The molecular formula is C18H16BNO2. The third kappa shape index (κ3) is 2.75. The molecule has 0 heterocycles. The molecule has 0 amide bonds. The van der Waals surface area contributed by atoms with Crippen molar-refractivity contribution in [3.63, 3.8) is 0 Å². The van der Waals surface area contributed by atoms with Gasteiger partial charge in [0.1, 0.15) is 0 Å². The van der Waals surface area contributed by atoms with Gasteiger partial charge in [0.25, 0.3) is 0 Å². The van der Waals surface area contributed by atoms with Gasteiger partial charge in [0.15, 0.2) is 0 Å². The van der Waals surface area contributed by atoms with Crippen LogP contribution in [0.15, 0.2) is 72.8 Å². The molecule has 0 aliphatic heterocycles. The van der Waals surface area contributed by atoms with Gasteiger partial charge in [-0.15, -0.1) is 0 Å². The zero-order chi connectivity index (χ0) is 15.5. The Morgan fingerprint density at radius 3 is 1.86 bits per heavy atom. The number of hydrogen-bond acceptors (Lipinski definition) is 3. The second-order valence-corrected chi connectivity index (χ2v) is 5.13. The molecule has 3 aromatic rings. The molecule has 0 radical (unpaired) electrons. The SMILES string of the molecule is Nc1c(B(O)O)cccc1-c1ccc(-c2ccccc2)cc1. The Kier molecular flexibility index (Phi) is 3.96. The number of nitrogens with two attached hydrogens (primary N) is 1. The van der Waals surface area contributed by atoms with Crippen LogP contribution in [0.1, 0.15) is 0 Å². The summed E-state index contributed by atoms with van der Waals surface area (Å²) < 4.78 is 0. The lowest BCUT2D eigenvalue weighted by Crippen LogP contribution is -2.32. The van der Waals surface area contributed by atoms with Crippen LogP contribution in [-0.2, 0) is 0 Å². The van der Waals surface area contributed by atoms with Crippen molar-refractivity contribution in [3.8, 4) is 22.3 Å². The molecule has 108 valence electrons. The Hall–Kier alpha value is -2.56. The summed E-state index contributed by atoms with van der Waals surface area (Å²) in [5, 5.41) is 18.7. The topological polar surface area (TPSA) is 66.5 Å². The minimum absolute atomic E-state index is 0.324. The van der Waals surface area contributed by atoms with Gasteiger partial charge in [-0.1, -0.05) is 72.8 Å². The Labute approximate surface area is 129 Å². The monoisotopic (exact) mass is 289 g/mol. The fraction of sp³-hybridized carbons (Fsp3) is 0. The fourth-order valence-electron chi connectivity index (χ4n) is 2.53. The van der Waals surface area contributed by atoms with Crippen molar-refractivity contribution in [3.05, 3.63) is 72.8 Å². The maximum atomic E-state index is 9.34. The number of anilines is 1. The van der Waals surface area contributed by atoms with Crippen LogP contribution in [0.5, 0.6) is 0 Å². The summed E-state index contributed by atoms with van der Waals surface area (Å²) in [6.07, 6.45) is 0. The highest BCUT2D eigenvalue weighted by atomic mass is 16.4. The van der Waals surface area contributed by atoms with E-state index in [1.807, 2.05) is 48.5 Å². The van der Waals surface area contributed by atoms with Crippen LogP contribution in [-0.4, -0.2) is 17.2 Å². The zero-order valence-corrected chi connectivity index (χ0v) is 12.0. The molecule has 0 saturated carbocycles. The maximum absolute atomic E-state index is 9.34. The van der Waals surface area contributed by atoms with Gasteiger partial charge >= 0.3 is 7.12 Å². The summed E-state index contributed by atoms with van der Waals surface area (Å²) in [7, 11) is -1.57. The smallest absolute Gasteiger partial charge is 0.423 e. The average Bonchev–Trinajstić information content (AvgIpc) is 2.56. The second-order valence-electron chi connectivity index (χ2n) is 5.13. The van der Waals surface area contributed by atoms with Gasteiger partial charge in [-0.25, -0.2) is 0 Å². The van der Waals surface area contributed by atoms with Gasteiger partial charge in [0, 0.05) is 16.7 Å². The lowest BCUT2D eigenvalue weighted by Gasteiger charge is -2.11. The summed E-state index contributed by atoms with van der Waals surface area (Å²) in [4.78, 5) is 0. The highest BCUT2D eigenvalue weighted by molar-refractivity contribution is 6.60. The van der Waals surface area contributed by atoms with E-state index in [1.54, 1.807) is 12.1 Å². The molecule has 0 bridgehead atoms. The summed E-state index contributed by atoms with van der Waals surface area (Å²) in [6.45, 7) is 0. The standard InChI is InChI=1S/C18H16BNO2/c20-18-16(7-4-8-17(18)19(21)22)15-11-9-14(10-12-15)13-5-2-1-3-6-13/h1-12,21-22H,20H2. The number of hydrogen-bond donors (Lipinski definition) is 3. The number of nitrogen functional groups attached to an aromatic ring is 1. The summed E-state index contributed by atoms with van der Waals surface area (Å²) in [5.41, 5.74) is 10.8. The Balaban J connectivity index is 1.99. The lowest BCUT2D eigenvalue weighted by molar-refractivity contribution is 0.426. The number of para-hydroxylation sites is 1. The van der Waals surface area contributed by atoms with Crippen molar-refractivity contribution in [1.29, 1.82) is 0 Å². The third-order valence-electron chi connectivity index (χ3n) is 3.72. The summed E-state index contributed by atoms with van der Waals surface area (Å²) in [6, 6.07) is 23.4. The van der Waals surface area contributed by atoms with Crippen LogP contribution in [0.3, 0.4) is 0 Å². The van der Waals surface area contributed by atoms with Crippen LogP contribution in [0.2, 0.25) is 0 Å². The predicted octanol–water partition coefficient (Wildman–Crippen LogP) is 2.28. The van der Waals surface area contributed by atoms with Crippen molar-refractivity contribution in [2.75, 3.05) is 5.73 Å². The van der Waals surface area contributed by atoms with Gasteiger partial charge in [-0.2, -0.15) is 0 Å². The molecule has 4 heteroatoms. The Bertz CT molecular complexity index is 771. The Morgan fingerprint density at radius 1 is 0.636 bits per heavy atom. The third-order valence-corrected chi connectivity index (χ3v) is 3.72. The quantitative estimate of drug-likeness (QED) is 0.512. The molecule has 0 saturated heterocycles. The van der Waals surface area contributed by atoms with Crippen molar-refractivity contribution < 1.29 is 10.0 Å². The van der Waals surface area contributed by atoms with E-state index < -0.39 is 7.12 Å². The lowest BCUT2D eigenvalue weighted by atomic mass is 9.77. The minimum Gasteiger partial charge on any atom is -0.423 e. The van der Waals surface area contributed by atoms with E-state index in [4.69, 9.17) is 5.73 Å². The summed E-state index contributed by atoms with van der Waals surface area (Å²) >= 11 is 0. The molecule has 0 atom stereocenters. The molecule has 3 nitrogen and oxygen atoms in total. The largest absolute Gasteiger partial charge is 0.490 e. The molecule has 0 fully saturated rings. The molecule has 3 rings (SSSR count). The predicted molar refractivity (Wildman–Crippen MR) is 91.6 cm³/mol. The highest BCUT2D eigenvalue weighted by Crippen LogP contribution is 2.27. The molecule has 0 aliphatic rings. The molecular weight excluding hydrogens is 273 g/mol.